The van der Waals surface area contributed by atoms with Gasteiger partial charge in [-0.1, -0.05) is 29.8 Å². The number of amides is 2. The Morgan fingerprint density at radius 1 is 1.12 bits per heavy atom. The van der Waals surface area contributed by atoms with E-state index in [-0.39, 0.29) is 17.7 Å². The Balaban J connectivity index is 1.35. The van der Waals surface area contributed by atoms with Gasteiger partial charge in [0.05, 0.1) is 5.92 Å². The molecular weight excluding hydrogens is 338 g/mol. The highest BCUT2D eigenvalue weighted by Gasteiger charge is 2.26. The topological polar surface area (TPSA) is 61.4 Å². The average Bonchev–Trinajstić information content (AvgIpc) is 2.60. The van der Waals surface area contributed by atoms with Crippen LogP contribution in [0.15, 0.2) is 24.3 Å². The van der Waals surface area contributed by atoms with Crippen molar-refractivity contribution in [3.8, 4) is 0 Å². The lowest BCUT2D eigenvalue weighted by atomic mass is 9.95. The number of benzene rings is 1. The van der Waals surface area contributed by atoms with E-state index in [4.69, 9.17) is 11.6 Å². The number of carbonyl (C=O) groups is 2. The van der Waals surface area contributed by atoms with Crippen molar-refractivity contribution in [2.24, 2.45) is 11.8 Å². The summed E-state index contributed by atoms with van der Waals surface area (Å²) < 4.78 is 0. The minimum atomic E-state index is -0.146. The first-order valence-corrected chi connectivity index (χ1v) is 9.50. The van der Waals surface area contributed by atoms with Gasteiger partial charge in [0.15, 0.2) is 0 Å². The van der Waals surface area contributed by atoms with E-state index >= 15 is 0 Å². The monoisotopic (exact) mass is 363 g/mol. The molecule has 0 spiro atoms. The van der Waals surface area contributed by atoms with Gasteiger partial charge in [0.25, 0.3) is 0 Å². The van der Waals surface area contributed by atoms with Crippen molar-refractivity contribution >= 4 is 23.4 Å². The number of hydrogen-bond acceptors (Lipinski definition) is 4. The highest BCUT2D eigenvalue weighted by Crippen LogP contribution is 2.22. The Labute approximate surface area is 154 Å². The smallest absolute Gasteiger partial charge is 0.230 e. The molecule has 0 bridgehead atoms. The Hall–Kier alpha value is -1.43. The highest BCUT2D eigenvalue weighted by molar-refractivity contribution is 6.31. The van der Waals surface area contributed by atoms with Crippen LogP contribution in [-0.2, 0) is 16.1 Å². The Morgan fingerprint density at radius 3 is 2.60 bits per heavy atom. The first-order valence-electron chi connectivity index (χ1n) is 9.12. The lowest BCUT2D eigenvalue weighted by Crippen LogP contribution is -2.45. The molecule has 0 saturated carbocycles. The predicted molar refractivity (Wildman–Crippen MR) is 98.2 cm³/mol. The molecule has 2 heterocycles. The molecule has 0 aromatic heterocycles. The van der Waals surface area contributed by atoms with E-state index in [1.54, 1.807) is 0 Å². The summed E-state index contributed by atoms with van der Waals surface area (Å²) in [5.74, 6) is 0.305. The summed E-state index contributed by atoms with van der Waals surface area (Å²) in [7, 11) is 0. The van der Waals surface area contributed by atoms with Crippen molar-refractivity contribution < 1.29 is 9.59 Å². The van der Waals surface area contributed by atoms with Gasteiger partial charge in [-0.15, -0.1) is 0 Å². The van der Waals surface area contributed by atoms with E-state index in [2.05, 4.69) is 21.6 Å². The number of rotatable bonds is 6. The number of likely N-dealkylation sites (tertiary alicyclic amines) is 1. The van der Waals surface area contributed by atoms with Crippen molar-refractivity contribution in [1.29, 1.82) is 0 Å². The van der Waals surface area contributed by atoms with Crippen LogP contribution in [0.3, 0.4) is 0 Å². The molecule has 136 valence electrons. The Kier molecular flexibility index (Phi) is 6.45. The summed E-state index contributed by atoms with van der Waals surface area (Å²) in [6.07, 6.45) is 3.44. The molecule has 2 saturated heterocycles. The van der Waals surface area contributed by atoms with Gasteiger partial charge in [0.1, 0.15) is 0 Å². The second-order valence-corrected chi connectivity index (χ2v) is 7.52. The van der Waals surface area contributed by atoms with Crippen LogP contribution in [0.2, 0.25) is 5.02 Å². The molecule has 25 heavy (non-hydrogen) atoms. The maximum Gasteiger partial charge on any atom is 0.230 e. The van der Waals surface area contributed by atoms with Gasteiger partial charge >= 0.3 is 0 Å². The van der Waals surface area contributed by atoms with Crippen LogP contribution >= 0.6 is 11.6 Å². The molecule has 0 aliphatic carbocycles. The van der Waals surface area contributed by atoms with Crippen LogP contribution in [0.5, 0.6) is 0 Å². The van der Waals surface area contributed by atoms with E-state index < -0.39 is 0 Å². The lowest BCUT2D eigenvalue weighted by molar-refractivity contribution is -0.136. The third-order valence-electron chi connectivity index (χ3n) is 5.24. The SMILES string of the molecule is O=C1CCC(CNCC2CCN(Cc3ccccc3Cl)CC2)C(=O)N1. The molecule has 2 aliphatic rings. The van der Waals surface area contributed by atoms with Gasteiger partial charge in [-0.25, -0.2) is 0 Å². The number of hydrogen-bond donors (Lipinski definition) is 2. The molecule has 0 radical (unpaired) electrons. The van der Waals surface area contributed by atoms with Gasteiger partial charge in [-0.05, 0) is 56.4 Å². The zero-order valence-corrected chi connectivity index (χ0v) is 15.2. The van der Waals surface area contributed by atoms with Crippen LogP contribution in [0.25, 0.3) is 0 Å². The molecule has 1 unspecified atom stereocenters. The first-order chi connectivity index (χ1) is 12.1. The van der Waals surface area contributed by atoms with E-state index in [0.717, 1.165) is 44.0 Å². The van der Waals surface area contributed by atoms with Crippen molar-refractivity contribution in [2.45, 2.75) is 32.2 Å². The van der Waals surface area contributed by atoms with E-state index in [1.165, 1.54) is 5.56 Å². The number of halogens is 1. The van der Waals surface area contributed by atoms with Crippen LogP contribution in [0.4, 0.5) is 0 Å². The standard InChI is InChI=1S/C19H26ClN3O2/c20-17-4-2-1-3-16(17)13-23-9-7-14(8-10-23)11-21-12-15-5-6-18(24)22-19(15)25/h1-4,14-15,21H,5-13H2,(H,22,24,25). The maximum atomic E-state index is 11.7. The molecular formula is C19H26ClN3O2. The maximum absolute atomic E-state index is 11.7. The Bertz CT molecular complexity index is 614. The molecule has 1 aromatic rings. The summed E-state index contributed by atoms with van der Waals surface area (Å²) in [5, 5.41) is 6.69. The first kappa shape index (κ1) is 18.4. The largest absolute Gasteiger partial charge is 0.316 e. The van der Waals surface area contributed by atoms with Gasteiger partial charge in [-0.3, -0.25) is 19.8 Å². The fraction of sp³-hybridized carbons (Fsp3) is 0.579. The minimum Gasteiger partial charge on any atom is -0.316 e. The van der Waals surface area contributed by atoms with Crippen molar-refractivity contribution in [3.63, 3.8) is 0 Å². The van der Waals surface area contributed by atoms with Crippen molar-refractivity contribution in [3.05, 3.63) is 34.9 Å². The van der Waals surface area contributed by atoms with Gasteiger partial charge in [0, 0.05) is 24.5 Å². The van der Waals surface area contributed by atoms with Crippen LogP contribution in [0, 0.1) is 11.8 Å². The molecule has 3 rings (SSSR count). The summed E-state index contributed by atoms with van der Waals surface area (Å²) >= 11 is 6.24. The normalized spacial score (nSPS) is 22.8. The zero-order chi connectivity index (χ0) is 17.6. The van der Waals surface area contributed by atoms with Crippen molar-refractivity contribution in [1.82, 2.24) is 15.5 Å². The van der Waals surface area contributed by atoms with E-state index in [9.17, 15) is 9.59 Å². The minimum absolute atomic E-state index is 0.0713. The van der Waals surface area contributed by atoms with Crippen LogP contribution in [0.1, 0.15) is 31.2 Å². The third kappa shape index (κ3) is 5.27. The number of carbonyl (C=O) groups excluding carboxylic acids is 2. The molecule has 2 amide bonds. The molecule has 2 aliphatic heterocycles. The fourth-order valence-electron chi connectivity index (χ4n) is 3.61. The fourth-order valence-corrected chi connectivity index (χ4v) is 3.81. The average molecular weight is 364 g/mol. The third-order valence-corrected chi connectivity index (χ3v) is 5.60. The van der Waals surface area contributed by atoms with Gasteiger partial charge in [-0.2, -0.15) is 0 Å². The molecule has 2 N–H and O–H groups in total. The highest BCUT2D eigenvalue weighted by atomic mass is 35.5. The zero-order valence-electron chi connectivity index (χ0n) is 14.5. The van der Waals surface area contributed by atoms with E-state index in [0.29, 0.717) is 25.3 Å². The summed E-state index contributed by atoms with van der Waals surface area (Å²) in [5.41, 5.74) is 1.19. The quantitative estimate of drug-likeness (QED) is 0.761. The lowest BCUT2D eigenvalue weighted by Gasteiger charge is -2.32. The molecule has 5 nitrogen and oxygen atoms in total. The molecule has 1 atom stereocenters. The predicted octanol–water partition coefficient (Wildman–Crippen LogP) is 2.19. The van der Waals surface area contributed by atoms with E-state index in [1.807, 2.05) is 18.2 Å². The summed E-state index contributed by atoms with van der Waals surface area (Å²) in [6, 6.07) is 8.04. The second kappa shape index (κ2) is 8.79. The summed E-state index contributed by atoms with van der Waals surface area (Å²) in [6.45, 7) is 4.68. The number of nitrogens with zero attached hydrogens (tertiary/aromatic N) is 1. The summed E-state index contributed by atoms with van der Waals surface area (Å²) in [4.78, 5) is 25.4. The van der Waals surface area contributed by atoms with Gasteiger partial charge in [0.2, 0.25) is 11.8 Å². The molecule has 2 fully saturated rings. The van der Waals surface area contributed by atoms with Crippen molar-refractivity contribution in [2.75, 3.05) is 26.2 Å². The van der Waals surface area contributed by atoms with Gasteiger partial charge < -0.3 is 5.32 Å². The molecule has 1 aromatic carbocycles. The molecule has 6 heteroatoms. The Morgan fingerprint density at radius 2 is 1.88 bits per heavy atom. The second-order valence-electron chi connectivity index (χ2n) is 7.12. The number of imide groups is 1. The van der Waals surface area contributed by atoms with Crippen LogP contribution < -0.4 is 10.6 Å². The number of piperidine rings is 2. The van der Waals surface area contributed by atoms with Crippen LogP contribution in [-0.4, -0.2) is 42.9 Å². The number of nitrogens with one attached hydrogen (secondary N) is 2.